The molecule has 164 valence electrons. The van der Waals surface area contributed by atoms with Crippen molar-refractivity contribution in [2.75, 3.05) is 35.2 Å². The van der Waals surface area contributed by atoms with E-state index < -0.39 is 0 Å². The highest BCUT2D eigenvalue weighted by Crippen LogP contribution is 2.30. The molecular weight excluding hydrogens is 410 g/mol. The van der Waals surface area contributed by atoms with Crippen LogP contribution in [0.15, 0.2) is 64.4 Å². The van der Waals surface area contributed by atoms with Gasteiger partial charge in [0.1, 0.15) is 11.6 Å². The lowest BCUT2D eigenvalue weighted by atomic mass is 10.2. The van der Waals surface area contributed by atoms with Gasteiger partial charge in [-0.05, 0) is 61.9 Å². The van der Waals surface area contributed by atoms with Crippen molar-refractivity contribution >= 4 is 35.1 Å². The van der Waals surface area contributed by atoms with Crippen LogP contribution in [0.25, 0.3) is 0 Å². The van der Waals surface area contributed by atoms with E-state index in [0.29, 0.717) is 28.9 Å². The number of benzene rings is 1. The fourth-order valence-corrected chi connectivity index (χ4v) is 3.60. The average molecular weight is 440 g/mol. The summed E-state index contributed by atoms with van der Waals surface area (Å²) in [6, 6.07) is 9.33. The summed E-state index contributed by atoms with van der Waals surface area (Å²) in [4.78, 5) is 24.3. The monoisotopic (exact) mass is 439 g/mol. The molecule has 0 atom stereocenters. The maximum absolute atomic E-state index is 11.8. The van der Waals surface area contributed by atoms with Crippen molar-refractivity contribution in [3.8, 4) is 0 Å². The molecule has 2 amide bonds. The number of aromatic nitrogens is 2. The number of hydrogen-bond acceptors (Lipinski definition) is 7. The van der Waals surface area contributed by atoms with E-state index in [-0.39, 0.29) is 6.03 Å². The summed E-state index contributed by atoms with van der Waals surface area (Å²) in [6.07, 6.45) is 3.82. The Hall–Kier alpha value is -3.20. The van der Waals surface area contributed by atoms with Gasteiger partial charge in [-0.25, -0.2) is 14.8 Å². The number of hydrogen-bond donors (Lipinski definition) is 4. The number of rotatable bonds is 9. The van der Waals surface area contributed by atoms with Crippen LogP contribution in [0.4, 0.5) is 22.1 Å². The Morgan fingerprint density at radius 3 is 2.61 bits per heavy atom. The maximum Gasteiger partial charge on any atom is 0.319 e. The second-order valence-corrected chi connectivity index (χ2v) is 8.32. The van der Waals surface area contributed by atoms with Crippen LogP contribution in [0.1, 0.15) is 26.7 Å². The summed E-state index contributed by atoms with van der Waals surface area (Å²) in [6.45, 7) is 10.4. The molecule has 1 saturated heterocycles. The molecule has 1 aliphatic heterocycles. The molecule has 1 aromatic heterocycles. The lowest BCUT2D eigenvalue weighted by molar-refractivity contribution is 0.252. The number of nitrogens with two attached hydrogens (primary N) is 1. The molecule has 8 nitrogen and oxygen atoms in total. The molecule has 31 heavy (non-hydrogen) atoms. The topological polar surface area (TPSA) is 108 Å². The number of carbonyl (C=O) groups excluding carboxylic acids is 1. The van der Waals surface area contributed by atoms with E-state index in [1.54, 1.807) is 6.08 Å². The Morgan fingerprint density at radius 1 is 1.26 bits per heavy atom. The van der Waals surface area contributed by atoms with Gasteiger partial charge in [0.05, 0.1) is 0 Å². The van der Waals surface area contributed by atoms with E-state index in [9.17, 15) is 4.79 Å². The fourth-order valence-electron chi connectivity index (χ4n) is 2.83. The molecule has 0 radical (unpaired) electrons. The Labute approximate surface area is 187 Å². The van der Waals surface area contributed by atoms with E-state index in [2.05, 4.69) is 32.4 Å². The summed E-state index contributed by atoms with van der Waals surface area (Å²) in [5.74, 6) is 1.56. The van der Waals surface area contributed by atoms with E-state index in [4.69, 9.17) is 10.7 Å². The quantitative estimate of drug-likeness (QED) is 0.343. The Kier molecular flexibility index (Phi) is 7.77. The van der Waals surface area contributed by atoms with Gasteiger partial charge < -0.3 is 26.6 Å². The first kappa shape index (κ1) is 22.5. The molecule has 0 unspecified atom stereocenters. The normalized spacial score (nSPS) is 13.4. The zero-order valence-corrected chi connectivity index (χ0v) is 18.8. The van der Waals surface area contributed by atoms with E-state index >= 15 is 0 Å². The van der Waals surface area contributed by atoms with Crippen LogP contribution in [0.2, 0.25) is 0 Å². The first-order valence-electron chi connectivity index (χ1n) is 10.3. The van der Waals surface area contributed by atoms with E-state index in [1.165, 1.54) is 11.8 Å². The lowest BCUT2D eigenvalue weighted by Gasteiger charge is -2.32. The molecule has 9 heteroatoms. The Morgan fingerprint density at radius 2 is 2.00 bits per heavy atom. The summed E-state index contributed by atoms with van der Waals surface area (Å²) in [5.41, 5.74) is 7.81. The van der Waals surface area contributed by atoms with Gasteiger partial charge in [-0.3, -0.25) is 0 Å². The summed E-state index contributed by atoms with van der Waals surface area (Å²) < 4.78 is 0. The third-order valence-electron chi connectivity index (χ3n) is 4.42. The summed E-state index contributed by atoms with van der Waals surface area (Å²) in [5, 5.41) is 9.44. The number of anilines is 3. The molecule has 0 aliphatic carbocycles. The summed E-state index contributed by atoms with van der Waals surface area (Å²) in [7, 11) is 0. The standard InChI is InChI=1S/C22H29N7OS/c1-4-10-24-21(30)26-17-6-8-18(9-7-17)31-22-27-19(25-16(3)13-15(2)23)14-20(28-22)29-11-5-12-29/h6-9,13-14H,3-5,10-12,23H2,1-2H3,(H2,24,26,30)(H,25,27,28)/b15-13-. The smallest absolute Gasteiger partial charge is 0.319 e. The van der Waals surface area contributed by atoms with E-state index in [1.807, 2.05) is 44.2 Å². The molecule has 2 heterocycles. The predicted molar refractivity (Wildman–Crippen MR) is 127 cm³/mol. The molecule has 0 bridgehead atoms. The van der Waals surface area contributed by atoms with Gasteiger partial charge in [-0.1, -0.05) is 13.5 Å². The molecule has 0 spiro atoms. The highest BCUT2D eigenvalue weighted by Gasteiger charge is 2.18. The second kappa shape index (κ2) is 10.7. The molecule has 5 N–H and O–H groups in total. The average Bonchev–Trinajstić information content (AvgIpc) is 2.65. The molecule has 2 aromatic rings. The zero-order chi connectivity index (χ0) is 22.2. The van der Waals surface area contributed by atoms with Crippen LogP contribution < -0.4 is 26.6 Å². The van der Waals surface area contributed by atoms with Gasteiger partial charge in [0.25, 0.3) is 0 Å². The summed E-state index contributed by atoms with van der Waals surface area (Å²) >= 11 is 1.46. The second-order valence-electron chi connectivity index (χ2n) is 7.28. The van der Waals surface area contributed by atoms with Crippen LogP contribution in [-0.4, -0.2) is 35.6 Å². The minimum atomic E-state index is -0.203. The third-order valence-corrected chi connectivity index (χ3v) is 5.29. The Balaban J connectivity index is 1.72. The molecule has 3 rings (SSSR count). The first-order chi connectivity index (χ1) is 14.9. The highest BCUT2D eigenvalue weighted by atomic mass is 32.2. The Bertz CT molecular complexity index is 951. The first-order valence-corrected chi connectivity index (χ1v) is 11.1. The largest absolute Gasteiger partial charge is 0.402 e. The van der Waals surface area contributed by atoms with Crippen LogP contribution in [0, 0.1) is 0 Å². The molecular formula is C22H29N7OS. The minimum Gasteiger partial charge on any atom is -0.402 e. The van der Waals surface area contributed by atoms with Crippen LogP contribution in [0.3, 0.4) is 0 Å². The molecule has 1 aromatic carbocycles. The van der Waals surface area contributed by atoms with Gasteiger partial charge in [0, 0.05) is 47.7 Å². The number of carbonyl (C=O) groups is 1. The molecule has 0 saturated carbocycles. The zero-order valence-electron chi connectivity index (χ0n) is 17.9. The highest BCUT2D eigenvalue weighted by molar-refractivity contribution is 7.99. The van der Waals surface area contributed by atoms with Gasteiger partial charge in [0.2, 0.25) is 0 Å². The third kappa shape index (κ3) is 6.92. The number of amides is 2. The molecule has 1 aliphatic rings. The van der Waals surface area contributed by atoms with Crippen molar-refractivity contribution in [1.82, 2.24) is 15.3 Å². The van der Waals surface area contributed by atoms with Crippen LogP contribution >= 0.6 is 11.8 Å². The van der Waals surface area contributed by atoms with Gasteiger partial charge in [0.15, 0.2) is 5.16 Å². The number of nitrogens with zero attached hydrogens (tertiary/aromatic N) is 3. The SMILES string of the molecule is C=C(/C=C(/C)N)Nc1cc(N2CCC2)nc(Sc2ccc(NC(=O)NCCC)cc2)n1. The van der Waals surface area contributed by atoms with Crippen molar-refractivity contribution in [1.29, 1.82) is 0 Å². The van der Waals surface area contributed by atoms with Crippen molar-refractivity contribution in [3.05, 3.63) is 54.4 Å². The van der Waals surface area contributed by atoms with Gasteiger partial charge in [-0.15, -0.1) is 0 Å². The lowest BCUT2D eigenvalue weighted by Crippen LogP contribution is -2.37. The number of allylic oxidation sites excluding steroid dienone is 2. The van der Waals surface area contributed by atoms with Crippen LogP contribution in [-0.2, 0) is 0 Å². The van der Waals surface area contributed by atoms with Crippen molar-refractivity contribution in [2.45, 2.75) is 36.7 Å². The van der Waals surface area contributed by atoms with Crippen molar-refractivity contribution in [3.63, 3.8) is 0 Å². The van der Waals surface area contributed by atoms with Gasteiger partial charge in [-0.2, -0.15) is 0 Å². The molecule has 1 fully saturated rings. The fraction of sp³-hybridized carbons (Fsp3) is 0.318. The van der Waals surface area contributed by atoms with Crippen molar-refractivity contribution in [2.24, 2.45) is 5.73 Å². The van der Waals surface area contributed by atoms with Crippen LogP contribution in [0.5, 0.6) is 0 Å². The van der Waals surface area contributed by atoms with Crippen molar-refractivity contribution < 1.29 is 4.79 Å². The predicted octanol–water partition coefficient (Wildman–Crippen LogP) is 4.16. The minimum absolute atomic E-state index is 0.203. The van der Waals surface area contributed by atoms with Gasteiger partial charge >= 0.3 is 6.03 Å². The number of urea groups is 1. The van der Waals surface area contributed by atoms with E-state index in [0.717, 1.165) is 42.3 Å². The number of nitrogens with one attached hydrogen (secondary N) is 3. The maximum atomic E-state index is 11.8.